The molecule has 30 heavy (non-hydrogen) atoms. The molecular formula is C20H25N3O6S. The number of thioether (sulfide) groups is 1. The fourth-order valence-electron chi connectivity index (χ4n) is 3.85. The van der Waals surface area contributed by atoms with Crippen LogP contribution in [-0.2, 0) is 14.4 Å². The minimum atomic E-state index is -1.01. The molecular weight excluding hydrogens is 410 g/mol. The molecule has 0 saturated carbocycles. The van der Waals surface area contributed by atoms with Crippen molar-refractivity contribution < 1.29 is 29.0 Å². The van der Waals surface area contributed by atoms with Gasteiger partial charge in [-0.2, -0.15) is 0 Å². The summed E-state index contributed by atoms with van der Waals surface area (Å²) in [5.74, 6) is -1.41. The highest BCUT2D eigenvalue weighted by Gasteiger charge is 2.44. The molecule has 1 aromatic carbocycles. The third kappa shape index (κ3) is 4.69. The molecule has 2 aliphatic rings. The number of carboxylic acids is 1. The van der Waals surface area contributed by atoms with Gasteiger partial charge in [-0.25, -0.2) is 0 Å². The molecule has 3 atom stereocenters. The topological polar surface area (TPSA) is 125 Å². The maximum absolute atomic E-state index is 12.8. The third-order valence-electron chi connectivity index (χ3n) is 5.44. The normalized spacial score (nSPS) is 23.4. The first-order valence-corrected chi connectivity index (χ1v) is 10.9. The number of piperidine rings is 1. The summed E-state index contributed by atoms with van der Waals surface area (Å²) in [7, 11) is 1.51. The van der Waals surface area contributed by atoms with Crippen LogP contribution >= 0.6 is 11.8 Å². The number of carboxylic acid groups (broad SMARTS) is 1. The molecule has 0 aromatic heterocycles. The number of piperazine rings is 1. The monoisotopic (exact) mass is 435 g/mol. The number of nitrogens with zero attached hydrogens (tertiary/aromatic N) is 1. The van der Waals surface area contributed by atoms with Crippen molar-refractivity contribution >= 4 is 35.5 Å². The molecule has 2 fully saturated rings. The van der Waals surface area contributed by atoms with E-state index in [9.17, 15) is 19.2 Å². The number of benzene rings is 1. The van der Waals surface area contributed by atoms with Crippen LogP contribution in [0.4, 0.5) is 0 Å². The van der Waals surface area contributed by atoms with Gasteiger partial charge in [0.25, 0.3) is 5.91 Å². The average molecular weight is 436 g/mol. The fraction of sp³-hybridized carbons (Fsp3) is 0.500. The van der Waals surface area contributed by atoms with Gasteiger partial charge in [-0.1, -0.05) is 0 Å². The summed E-state index contributed by atoms with van der Waals surface area (Å²) in [5.41, 5.74) is 0.413. The molecule has 3 N–H and O–H groups in total. The van der Waals surface area contributed by atoms with Crippen LogP contribution in [0.1, 0.15) is 36.0 Å². The molecule has 0 unspecified atom stereocenters. The Balaban J connectivity index is 1.64. The standard InChI is InChI=1S/C20H25N3O6S/c1-29-16-10-12(30-2)3-4-13(16)18(26)21-11-7-8-23-15(9-11)19(27)22-14(20(23)28)5-6-17(24)25/h3-4,10-11,14-15H,5-9H2,1-2H3,(H,21,26)(H,22,27)(H,24,25)/t11-,14-,15-/m0/s1. The molecule has 0 radical (unpaired) electrons. The van der Waals surface area contributed by atoms with Crippen LogP contribution in [0.5, 0.6) is 5.75 Å². The molecule has 162 valence electrons. The van der Waals surface area contributed by atoms with Gasteiger partial charge in [0, 0.05) is 23.9 Å². The first kappa shape index (κ1) is 21.9. The number of carbonyl (C=O) groups is 4. The van der Waals surface area contributed by atoms with E-state index in [4.69, 9.17) is 9.84 Å². The summed E-state index contributed by atoms with van der Waals surface area (Å²) in [6, 6.07) is 3.60. The van der Waals surface area contributed by atoms with Gasteiger partial charge in [0.15, 0.2) is 0 Å². The van der Waals surface area contributed by atoms with Crippen molar-refractivity contribution in [2.75, 3.05) is 19.9 Å². The second kappa shape index (κ2) is 9.38. The van der Waals surface area contributed by atoms with E-state index in [0.29, 0.717) is 30.7 Å². The summed E-state index contributed by atoms with van der Waals surface area (Å²) >= 11 is 1.55. The molecule has 0 spiro atoms. The van der Waals surface area contributed by atoms with Gasteiger partial charge in [-0.15, -0.1) is 11.8 Å². The summed E-state index contributed by atoms with van der Waals surface area (Å²) < 4.78 is 5.33. The Bertz CT molecular complexity index is 861. The van der Waals surface area contributed by atoms with Gasteiger partial charge in [-0.05, 0) is 43.7 Å². The zero-order valence-corrected chi connectivity index (χ0v) is 17.7. The molecule has 2 heterocycles. The predicted octanol–water partition coefficient (Wildman–Crippen LogP) is 0.870. The third-order valence-corrected chi connectivity index (χ3v) is 6.16. The zero-order chi connectivity index (χ0) is 21.8. The van der Waals surface area contributed by atoms with Gasteiger partial charge in [-0.3, -0.25) is 19.2 Å². The summed E-state index contributed by atoms with van der Waals surface area (Å²) in [6.07, 6.45) is 2.63. The van der Waals surface area contributed by atoms with E-state index in [-0.39, 0.29) is 36.6 Å². The fourth-order valence-corrected chi connectivity index (χ4v) is 4.28. The lowest BCUT2D eigenvalue weighted by Crippen LogP contribution is -2.66. The molecule has 1 aromatic rings. The lowest BCUT2D eigenvalue weighted by atomic mass is 9.92. The molecule has 3 amide bonds. The minimum absolute atomic E-state index is 0.0646. The number of hydrogen-bond acceptors (Lipinski definition) is 6. The quantitative estimate of drug-likeness (QED) is 0.543. The number of ether oxygens (including phenoxy) is 1. The Morgan fingerprint density at radius 1 is 1.37 bits per heavy atom. The van der Waals surface area contributed by atoms with Gasteiger partial charge >= 0.3 is 5.97 Å². The summed E-state index contributed by atoms with van der Waals surface area (Å²) in [6.45, 7) is 0.327. The van der Waals surface area contributed by atoms with E-state index in [1.165, 1.54) is 12.0 Å². The van der Waals surface area contributed by atoms with E-state index >= 15 is 0 Å². The Labute approximate surface area is 178 Å². The first-order valence-electron chi connectivity index (χ1n) is 9.69. The average Bonchev–Trinajstić information content (AvgIpc) is 2.74. The number of rotatable bonds is 7. The number of methoxy groups -OCH3 is 1. The Morgan fingerprint density at radius 3 is 2.80 bits per heavy atom. The lowest BCUT2D eigenvalue weighted by molar-refractivity contribution is -0.152. The van der Waals surface area contributed by atoms with Crippen LogP contribution in [-0.4, -0.2) is 71.7 Å². The van der Waals surface area contributed by atoms with Gasteiger partial charge in [0.2, 0.25) is 11.8 Å². The van der Waals surface area contributed by atoms with Crippen LogP contribution < -0.4 is 15.4 Å². The van der Waals surface area contributed by atoms with Gasteiger partial charge in [0.05, 0.1) is 12.7 Å². The Hall–Kier alpha value is -2.75. The van der Waals surface area contributed by atoms with Crippen molar-refractivity contribution in [3.05, 3.63) is 23.8 Å². The smallest absolute Gasteiger partial charge is 0.303 e. The SMILES string of the molecule is COc1cc(SC)ccc1C(=O)N[C@H]1CCN2C(=O)[C@H](CCC(=O)O)NC(=O)[C@@H]2C1. The second-order valence-corrected chi connectivity index (χ2v) is 8.18. The van der Waals surface area contributed by atoms with E-state index in [2.05, 4.69) is 10.6 Å². The van der Waals surface area contributed by atoms with Gasteiger partial charge in [0.1, 0.15) is 17.8 Å². The number of nitrogens with one attached hydrogen (secondary N) is 2. The number of fused-ring (bicyclic) bond motifs is 1. The van der Waals surface area contributed by atoms with Crippen molar-refractivity contribution in [2.45, 2.75) is 48.7 Å². The van der Waals surface area contributed by atoms with Crippen molar-refractivity contribution in [2.24, 2.45) is 0 Å². The minimum Gasteiger partial charge on any atom is -0.496 e. The summed E-state index contributed by atoms with van der Waals surface area (Å²) in [5, 5.41) is 14.4. The predicted molar refractivity (Wildman–Crippen MR) is 110 cm³/mol. The summed E-state index contributed by atoms with van der Waals surface area (Å²) in [4.78, 5) is 51.2. The molecule has 2 aliphatic heterocycles. The van der Waals surface area contributed by atoms with E-state index in [1.54, 1.807) is 23.9 Å². The molecule has 9 nitrogen and oxygen atoms in total. The maximum Gasteiger partial charge on any atom is 0.303 e. The Morgan fingerprint density at radius 2 is 2.13 bits per heavy atom. The molecule has 0 aliphatic carbocycles. The van der Waals surface area contributed by atoms with E-state index < -0.39 is 18.1 Å². The number of hydrogen-bond donors (Lipinski definition) is 3. The molecule has 2 saturated heterocycles. The maximum atomic E-state index is 12.8. The zero-order valence-electron chi connectivity index (χ0n) is 16.8. The largest absolute Gasteiger partial charge is 0.496 e. The van der Waals surface area contributed by atoms with Crippen LogP contribution in [0.2, 0.25) is 0 Å². The van der Waals surface area contributed by atoms with Crippen molar-refractivity contribution in [1.82, 2.24) is 15.5 Å². The molecule has 3 rings (SSSR count). The number of amides is 3. The number of carbonyl (C=O) groups excluding carboxylic acids is 3. The van der Waals surface area contributed by atoms with Crippen LogP contribution in [0, 0.1) is 0 Å². The highest BCUT2D eigenvalue weighted by atomic mass is 32.2. The van der Waals surface area contributed by atoms with E-state index in [0.717, 1.165) is 4.90 Å². The van der Waals surface area contributed by atoms with Gasteiger partial charge < -0.3 is 25.4 Å². The molecule has 10 heteroatoms. The van der Waals surface area contributed by atoms with Crippen LogP contribution in [0.3, 0.4) is 0 Å². The molecule has 0 bridgehead atoms. The lowest BCUT2D eigenvalue weighted by Gasteiger charge is -2.44. The first-order chi connectivity index (χ1) is 14.3. The van der Waals surface area contributed by atoms with Crippen molar-refractivity contribution in [1.29, 1.82) is 0 Å². The highest BCUT2D eigenvalue weighted by molar-refractivity contribution is 7.98. The number of aliphatic carboxylic acids is 1. The van der Waals surface area contributed by atoms with Crippen LogP contribution in [0.15, 0.2) is 23.1 Å². The Kier molecular flexibility index (Phi) is 6.86. The van der Waals surface area contributed by atoms with Crippen molar-refractivity contribution in [3.8, 4) is 5.75 Å². The highest BCUT2D eigenvalue weighted by Crippen LogP contribution is 2.27. The second-order valence-electron chi connectivity index (χ2n) is 7.30. The van der Waals surface area contributed by atoms with Crippen molar-refractivity contribution in [3.63, 3.8) is 0 Å². The van der Waals surface area contributed by atoms with E-state index in [1.807, 2.05) is 12.3 Å². The van der Waals surface area contributed by atoms with Crippen LogP contribution in [0.25, 0.3) is 0 Å².